The Labute approximate surface area is 95.8 Å². The van der Waals surface area contributed by atoms with E-state index in [1.54, 1.807) is 13.3 Å². The fourth-order valence-corrected chi connectivity index (χ4v) is 4.37. The molecule has 1 rings (SSSR count). The molecule has 1 aromatic carbocycles. The number of nitro benzene ring substituents is 1. The van der Waals surface area contributed by atoms with Crippen LogP contribution in [0.2, 0.25) is 0 Å². The molecule has 7 heteroatoms. The number of hydrogen-bond acceptors (Lipinski definition) is 4. The Balaban J connectivity index is 2.86. The minimum Gasteiger partial charge on any atom is -0.323 e. The van der Waals surface area contributed by atoms with Gasteiger partial charge in [0.1, 0.15) is 0 Å². The molecule has 0 fully saturated rings. The molecule has 1 unspecified atom stereocenters. The van der Waals surface area contributed by atoms with E-state index in [1.807, 2.05) is 0 Å². The maximum Gasteiger partial charge on any atom is 0.269 e. The molecule has 0 radical (unpaired) electrons. The van der Waals surface area contributed by atoms with E-state index in [1.165, 1.54) is 24.3 Å². The molecule has 0 saturated heterocycles. The third-order valence-electron chi connectivity index (χ3n) is 1.74. The molecule has 0 aromatic heterocycles. The van der Waals surface area contributed by atoms with Crippen LogP contribution in [0.25, 0.3) is 0 Å². The first-order chi connectivity index (χ1) is 7.29. The van der Waals surface area contributed by atoms with Crippen LogP contribution in [0.15, 0.2) is 29.2 Å². The van der Waals surface area contributed by atoms with Crippen LogP contribution in [0, 0.1) is 10.1 Å². The molecule has 1 atom stereocenters. The average molecular weight is 261 g/mol. The molecule has 0 heterocycles. The molecular formula is C9H12NO4PS. The van der Waals surface area contributed by atoms with Crippen molar-refractivity contribution in [2.45, 2.75) is 4.90 Å². The van der Waals surface area contributed by atoms with Crippen molar-refractivity contribution in [3.63, 3.8) is 0 Å². The Morgan fingerprint density at radius 3 is 2.19 bits per heavy atom. The lowest BCUT2D eigenvalue weighted by atomic mass is 10.3. The van der Waals surface area contributed by atoms with Gasteiger partial charge >= 0.3 is 0 Å². The highest BCUT2D eigenvalue weighted by Gasteiger charge is 2.15. The zero-order valence-electron chi connectivity index (χ0n) is 8.95. The largest absolute Gasteiger partial charge is 0.323 e. The second-order valence-corrected chi connectivity index (χ2v) is 9.14. The molecule has 1 aromatic rings. The minimum absolute atomic E-state index is 0.0445. The van der Waals surface area contributed by atoms with Gasteiger partial charge in [0.15, 0.2) is 0 Å². The summed E-state index contributed by atoms with van der Waals surface area (Å²) in [5.41, 5.74) is 0.0575. The lowest BCUT2D eigenvalue weighted by Gasteiger charge is -2.05. The summed E-state index contributed by atoms with van der Waals surface area (Å²) < 4.78 is 23.2. The van der Waals surface area contributed by atoms with Gasteiger partial charge in [0.2, 0.25) is 0 Å². The summed E-state index contributed by atoms with van der Waals surface area (Å²) in [6.07, 6.45) is 0. The molecular weight excluding hydrogens is 249 g/mol. The Morgan fingerprint density at radius 1 is 1.31 bits per heavy atom. The fourth-order valence-electron chi connectivity index (χ4n) is 1.08. The van der Waals surface area contributed by atoms with Gasteiger partial charge in [0.05, 0.1) is 28.4 Å². The first-order valence-electron chi connectivity index (χ1n) is 4.46. The van der Waals surface area contributed by atoms with E-state index in [4.69, 9.17) is 0 Å². The highest BCUT2D eigenvalue weighted by molar-refractivity contribution is 7.93. The van der Waals surface area contributed by atoms with Crippen molar-refractivity contribution >= 4 is 23.6 Å². The van der Waals surface area contributed by atoms with Gasteiger partial charge in [-0.1, -0.05) is 0 Å². The van der Waals surface area contributed by atoms with E-state index >= 15 is 0 Å². The molecule has 0 bridgehead atoms. The third-order valence-corrected chi connectivity index (χ3v) is 5.96. The van der Waals surface area contributed by atoms with E-state index in [0.717, 1.165) is 0 Å². The molecule has 16 heavy (non-hydrogen) atoms. The van der Waals surface area contributed by atoms with Gasteiger partial charge < -0.3 is 4.57 Å². The van der Waals surface area contributed by atoms with Crippen molar-refractivity contribution < 1.29 is 13.7 Å². The Morgan fingerprint density at radius 2 is 1.81 bits per heavy atom. The lowest BCUT2D eigenvalue weighted by Crippen LogP contribution is -1.98. The molecule has 0 spiro atoms. The van der Waals surface area contributed by atoms with Gasteiger partial charge in [-0.25, -0.2) is 0 Å². The summed E-state index contributed by atoms with van der Waals surface area (Å²) in [5, 5.41) is 10.4. The summed E-state index contributed by atoms with van der Waals surface area (Å²) in [4.78, 5) is 10.3. The highest BCUT2D eigenvalue weighted by Crippen LogP contribution is 2.37. The fraction of sp³-hybridized carbons (Fsp3) is 0.333. The van der Waals surface area contributed by atoms with Crippen LogP contribution < -0.4 is 0 Å². The number of nitro groups is 1. The maximum atomic E-state index is 11.7. The van der Waals surface area contributed by atoms with Gasteiger partial charge in [-0.3, -0.25) is 14.3 Å². The van der Waals surface area contributed by atoms with Crippen molar-refractivity contribution in [2.24, 2.45) is 0 Å². The standard InChI is InChI=1S/C9H12NO4PS/c1-15(2,13)7-16(14)9-5-3-8(4-6-9)10(11)12/h3-6H,7H2,1-2H3. The first kappa shape index (κ1) is 13.1. The smallest absolute Gasteiger partial charge is 0.269 e. The minimum atomic E-state index is -2.35. The van der Waals surface area contributed by atoms with Crippen molar-refractivity contribution in [1.29, 1.82) is 0 Å². The van der Waals surface area contributed by atoms with Gasteiger partial charge in [-0.15, -0.1) is 0 Å². The number of hydrogen-bond donors (Lipinski definition) is 0. The van der Waals surface area contributed by atoms with E-state index in [2.05, 4.69) is 0 Å². The molecule has 0 aliphatic carbocycles. The Bertz CT molecular complexity index is 465. The van der Waals surface area contributed by atoms with Crippen LogP contribution in [0.5, 0.6) is 0 Å². The summed E-state index contributed by atoms with van der Waals surface area (Å²) in [6, 6.07) is 5.46. The van der Waals surface area contributed by atoms with Crippen LogP contribution in [0.3, 0.4) is 0 Å². The van der Waals surface area contributed by atoms with Gasteiger partial charge in [-0.05, 0) is 25.5 Å². The zero-order chi connectivity index (χ0) is 12.3. The normalized spacial score (nSPS) is 13.4. The highest BCUT2D eigenvalue weighted by atomic mass is 32.2. The summed E-state index contributed by atoms with van der Waals surface area (Å²) in [5.74, 6) is 0. The predicted octanol–water partition coefficient (Wildman–Crippen LogP) is 2.28. The van der Waals surface area contributed by atoms with E-state index < -0.39 is 22.9 Å². The van der Waals surface area contributed by atoms with Crippen LogP contribution in [0.1, 0.15) is 0 Å². The summed E-state index contributed by atoms with van der Waals surface area (Å²) >= 11 is 0. The monoisotopic (exact) mass is 261 g/mol. The van der Waals surface area contributed by atoms with Gasteiger partial charge in [-0.2, -0.15) is 0 Å². The molecule has 88 valence electrons. The molecule has 0 saturated carbocycles. The molecule has 0 amide bonds. The Kier molecular flexibility index (Phi) is 3.99. The van der Waals surface area contributed by atoms with Crippen LogP contribution >= 0.6 is 7.14 Å². The first-order valence-corrected chi connectivity index (χ1v) is 8.57. The van der Waals surface area contributed by atoms with Crippen LogP contribution in [0.4, 0.5) is 5.69 Å². The second-order valence-electron chi connectivity index (χ2n) is 3.80. The van der Waals surface area contributed by atoms with E-state index in [-0.39, 0.29) is 11.2 Å². The predicted molar refractivity (Wildman–Crippen MR) is 63.8 cm³/mol. The van der Waals surface area contributed by atoms with Crippen molar-refractivity contribution in [2.75, 3.05) is 18.8 Å². The summed E-state index contributed by atoms with van der Waals surface area (Å²) in [6.45, 7) is 3.13. The number of nitrogens with zero attached hydrogens (tertiary/aromatic N) is 1. The Hall–Kier alpha value is -1.00. The number of benzene rings is 1. The number of non-ortho nitro benzene ring substituents is 1. The van der Waals surface area contributed by atoms with E-state index in [9.17, 15) is 18.9 Å². The van der Waals surface area contributed by atoms with Crippen molar-refractivity contribution in [1.82, 2.24) is 0 Å². The molecule has 5 nitrogen and oxygen atoms in total. The third kappa shape index (κ3) is 3.87. The maximum absolute atomic E-state index is 11.7. The molecule has 0 aliphatic heterocycles. The quantitative estimate of drug-likeness (QED) is 0.473. The van der Waals surface area contributed by atoms with Gasteiger partial charge in [0, 0.05) is 17.0 Å². The van der Waals surface area contributed by atoms with E-state index in [0.29, 0.717) is 4.90 Å². The van der Waals surface area contributed by atoms with Crippen LogP contribution in [-0.4, -0.2) is 28.0 Å². The van der Waals surface area contributed by atoms with Crippen LogP contribution in [-0.2, 0) is 15.4 Å². The van der Waals surface area contributed by atoms with Gasteiger partial charge in [0.25, 0.3) is 5.69 Å². The SMILES string of the molecule is CP(C)(=O)CS(=O)c1ccc([N+](=O)[O-])cc1. The van der Waals surface area contributed by atoms with Crippen molar-refractivity contribution in [3.8, 4) is 0 Å². The average Bonchev–Trinajstić information content (AvgIpc) is 2.15. The molecule has 0 N–H and O–H groups in total. The van der Waals surface area contributed by atoms with Crippen molar-refractivity contribution in [3.05, 3.63) is 34.4 Å². The lowest BCUT2D eigenvalue weighted by molar-refractivity contribution is -0.384. The topological polar surface area (TPSA) is 77.3 Å². The zero-order valence-corrected chi connectivity index (χ0v) is 10.7. The molecule has 0 aliphatic rings. The second kappa shape index (κ2) is 4.89. The summed E-state index contributed by atoms with van der Waals surface area (Å²) in [7, 11) is -3.71. The number of rotatable bonds is 4.